The van der Waals surface area contributed by atoms with Crippen LogP contribution in [0.2, 0.25) is 5.02 Å². The van der Waals surface area contributed by atoms with E-state index in [9.17, 15) is 55.4 Å². The highest BCUT2D eigenvalue weighted by atomic mass is 35.5. The van der Waals surface area contributed by atoms with Gasteiger partial charge in [0.05, 0.1) is 23.8 Å². The first-order chi connectivity index (χ1) is 65.4. The van der Waals surface area contributed by atoms with Crippen LogP contribution >= 0.6 is 11.6 Å². The third-order valence-corrected chi connectivity index (χ3v) is 26.6. The van der Waals surface area contributed by atoms with Gasteiger partial charge in [-0.15, -0.1) is 0 Å². The number of hydrogen-bond acceptors (Lipinski definition) is 13. The Kier molecular flexibility index (Phi) is 40.0. The summed E-state index contributed by atoms with van der Waals surface area (Å²) in [6.45, 7) is 28.9. The Balaban J connectivity index is 0.000000175. The van der Waals surface area contributed by atoms with Gasteiger partial charge >= 0.3 is 36.3 Å². The minimum Gasteiger partial charge on any atom is -0.508 e. The van der Waals surface area contributed by atoms with Crippen LogP contribution in [-0.2, 0) is 43.0 Å². The molecule has 21 nitrogen and oxygen atoms in total. The van der Waals surface area contributed by atoms with Crippen LogP contribution in [0.15, 0.2) is 212 Å². The molecule has 3 unspecified atom stereocenters. The molecule has 0 saturated carbocycles. The van der Waals surface area contributed by atoms with Crippen LogP contribution in [0.4, 0.5) is 68.3 Å². The van der Waals surface area contributed by atoms with E-state index in [4.69, 9.17) is 25.8 Å². The molecule has 732 valence electrons. The summed E-state index contributed by atoms with van der Waals surface area (Å²) in [6.07, 6.45) is 12.0. The van der Waals surface area contributed by atoms with Gasteiger partial charge in [-0.3, -0.25) is 0 Å². The molecule has 5 aliphatic heterocycles. The van der Waals surface area contributed by atoms with E-state index in [1.54, 1.807) is 34.1 Å². The van der Waals surface area contributed by atoms with Crippen molar-refractivity contribution < 1.29 is 69.6 Å². The van der Waals surface area contributed by atoms with Gasteiger partial charge in [-0.2, -0.15) is 13.2 Å². The second kappa shape index (κ2) is 51.7. The number of esters is 1. The highest BCUT2D eigenvalue weighted by molar-refractivity contribution is 6.31. The van der Waals surface area contributed by atoms with Crippen molar-refractivity contribution in [3.8, 4) is 28.4 Å². The third kappa shape index (κ3) is 31.3. The zero-order chi connectivity index (χ0) is 97.4. The number of likely N-dealkylation sites (tertiary alicyclic amines) is 4. The Morgan fingerprint density at radius 2 is 0.904 bits per heavy atom. The monoisotopic (exact) mass is 1900 g/mol. The number of anilines is 4. The number of methoxy groups -OCH3 is 1. The molecule has 5 aliphatic rings. The molecule has 0 radical (unpaired) electrons. The van der Waals surface area contributed by atoms with E-state index in [0.29, 0.717) is 68.3 Å². The molecule has 0 spiro atoms. The fraction of sp³-hybridized carbons (Fsp3) is 0.454. The number of unbranched alkanes of at least 4 members (excludes halogenated alkanes) is 1. The lowest BCUT2D eigenvalue weighted by Gasteiger charge is -2.40. The first-order valence-electron chi connectivity index (χ1n) is 48.3. The van der Waals surface area contributed by atoms with Gasteiger partial charge in [-0.1, -0.05) is 186 Å². The largest absolute Gasteiger partial charge is 0.508 e. The molecule has 4 fully saturated rings. The van der Waals surface area contributed by atoms with E-state index in [1.165, 1.54) is 44.9 Å². The molecule has 3 atom stereocenters. The van der Waals surface area contributed by atoms with Gasteiger partial charge in [0.25, 0.3) is 5.92 Å². The molecule has 5 heterocycles. The molecule has 14 rings (SSSR count). The minimum atomic E-state index is -4.55. The van der Waals surface area contributed by atoms with Crippen LogP contribution < -0.4 is 30.7 Å². The standard InChI is InChI=1S/C32H39N3O3.C26H32F3N3O3.C25H31ClF3N3O.C25H35N3O2/c1-4-9-24(2)34-20-18-30(19-21-34)35(23-25-10-6-5-7-11-25)32(37)33-29-16-14-26(15-17-29)27-12-8-13-28(22-27)31(36)38-3;1-3-4-11-31-12-9-20(10-13-31)32(16-18-5-8-23-24(14-18)35-17-34-23)25(33)30-19-6-7-22(27)21(15-19)26(2,28)29;1-3-7-18(2)31-12-10-23(11-13-31)32(17-19-8-5-4-6-9-19)24(33)30-22-15-20(25(27,28)29)14-21(26)16-22;1-4-8-20(3)27-15-13-22(14-16-27)28(18-21-9-6-5-7-10-21)25(30)26-24-12-11-23(29)17-19(24)2/h5-8,10-17,22,24,30H,4,9,18-21,23H2,1-3H3,(H,33,37);5-8,14-15,20H,3-4,9-13,16-17H2,1-2H3,(H,30,33);4-6,8-9,14-16,18,23H,3,7,10-13,17H2,1-2H3,(H,30,33);5-7,9-12,17,20,22,29H,4,8,13-16,18H2,1-3H3,(H,26,30). The summed E-state index contributed by atoms with van der Waals surface area (Å²) < 4.78 is 96.8. The normalized spacial score (nSPS) is 16.0. The summed E-state index contributed by atoms with van der Waals surface area (Å²) in [5, 5.41) is 21.2. The molecular formula is C108H137ClF6N12O9. The Bertz CT molecular complexity index is 5250. The van der Waals surface area contributed by atoms with Crippen LogP contribution in [0.3, 0.4) is 0 Å². The van der Waals surface area contributed by atoms with E-state index in [-0.39, 0.29) is 71.1 Å². The smallest absolute Gasteiger partial charge is 0.416 e. The summed E-state index contributed by atoms with van der Waals surface area (Å²) >= 11 is 5.90. The van der Waals surface area contributed by atoms with Gasteiger partial charge in [-0.05, 0) is 241 Å². The van der Waals surface area contributed by atoms with Crippen LogP contribution in [0.5, 0.6) is 17.2 Å². The fourth-order valence-electron chi connectivity index (χ4n) is 18.6. The second-order valence-electron chi connectivity index (χ2n) is 36.5. The van der Waals surface area contributed by atoms with Crippen molar-refractivity contribution in [2.45, 2.75) is 246 Å². The van der Waals surface area contributed by atoms with Gasteiger partial charge in [0.2, 0.25) is 6.79 Å². The lowest BCUT2D eigenvalue weighted by Crippen LogP contribution is -2.50. The minimum absolute atomic E-state index is 0.00319. The molecular weight excluding hydrogens is 1760 g/mol. The molecule has 0 aromatic heterocycles. The van der Waals surface area contributed by atoms with E-state index in [1.807, 2.05) is 144 Å². The molecule has 5 N–H and O–H groups in total. The Morgan fingerprint density at radius 1 is 0.463 bits per heavy atom. The van der Waals surface area contributed by atoms with Gasteiger partial charge in [-0.25, -0.2) is 37.1 Å². The lowest BCUT2D eigenvalue weighted by atomic mass is 10.00. The van der Waals surface area contributed by atoms with E-state index < -0.39 is 41.1 Å². The van der Waals surface area contributed by atoms with Crippen molar-refractivity contribution in [1.29, 1.82) is 0 Å². The number of piperidine rings is 4. The summed E-state index contributed by atoms with van der Waals surface area (Å²) in [4.78, 5) is 83.0. The van der Waals surface area contributed by atoms with Crippen molar-refractivity contribution in [2.24, 2.45) is 0 Å². The number of aromatic hydroxyl groups is 1. The fourth-order valence-corrected chi connectivity index (χ4v) is 18.8. The number of rotatable bonds is 31. The van der Waals surface area contributed by atoms with Crippen LogP contribution in [-0.4, -0.2) is 189 Å². The average molecular weight is 1900 g/mol. The number of nitrogens with one attached hydrogen (secondary N) is 4. The number of ether oxygens (including phenoxy) is 3. The zero-order valence-corrected chi connectivity index (χ0v) is 81.2. The number of phenols is 1. The number of hydrogen-bond donors (Lipinski definition) is 5. The number of phenolic OH excluding ortho intramolecular Hbond substituents is 1. The van der Waals surface area contributed by atoms with Crippen molar-refractivity contribution >= 4 is 64.4 Å². The van der Waals surface area contributed by atoms with Crippen molar-refractivity contribution in [3.05, 3.63) is 268 Å². The number of carbonyl (C=O) groups excluding carboxylic acids is 5. The third-order valence-electron chi connectivity index (χ3n) is 26.4. The van der Waals surface area contributed by atoms with Crippen LogP contribution in [0, 0.1) is 12.7 Å². The maximum absolute atomic E-state index is 13.9. The Hall–Kier alpha value is -11.4. The van der Waals surface area contributed by atoms with Crippen molar-refractivity contribution in [2.75, 3.05) is 94.1 Å². The van der Waals surface area contributed by atoms with E-state index >= 15 is 0 Å². The summed E-state index contributed by atoms with van der Waals surface area (Å²) in [5.41, 5.74) is 7.36. The van der Waals surface area contributed by atoms with Crippen molar-refractivity contribution in [3.63, 3.8) is 0 Å². The van der Waals surface area contributed by atoms with E-state index in [2.05, 4.69) is 114 Å². The maximum Gasteiger partial charge on any atom is 0.416 e. The number of fused-ring (bicyclic) bond motifs is 1. The Morgan fingerprint density at radius 3 is 1.35 bits per heavy atom. The molecule has 0 bridgehead atoms. The van der Waals surface area contributed by atoms with E-state index in [0.717, 1.165) is 211 Å². The molecule has 8 amide bonds. The SMILES string of the molecule is CCCC(C)N1CCC(N(Cc2ccccc2)C(=O)Nc2cc(Cl)cc(C(F)(F)F)c2)CC1.CCCC(C)N1CCC(N(Cc2ccccc2)C(=O)Nc2ccc(-c3cccc(C(=O)OC)c3)cc2)CC1.CCCC(C)N1CCC(N(Cc2ccccc2)C(=O)Nc2ccc(O)cc2C)CC1.CCCCN1CCC(N(Cc2ccc3c(c2)OCO3)C(=O)Nc2ccc(F)c(C(C)(F)F)c2)CC1. The number of benzene rings is 9. The topological polar surface area (TPSA) is 207 Å². The summed E-state index contributed by atoms with van der Waals surface area (Å²) in [5.74, 6) is -3.23. The molecule has 28 heteroatoms. The molecule has 4 saturated heterocycles. The molecule has 9 aromatic carbocycles. The van der Waals surface area contributed by atoms with Gasteiger partial charge in [0.15, 0.2) is 11.5 Å². The summed E-state index contributed by atoms with van der Waals surface area (Å²) in [7, 11) is 1.38. The predicted octanol–water partition coefficient (Wildman–Crippen LogP) is 25.2. The number of aryl methyl sites for hydroxylation is 1. The first-order valence-corrected chi connectivity index (χ1v) is 48.6. The van der Waals surface area contributed by atoms with Gasteiger partial charge in [0, 0.05) is 156 Å². The predicted molar refractivity (Wildman–Crippen MR) is 530 cm³/mol. The maximum atomic E-state index is 13.9. The molecule has 9 aromatic rings. The first kappa shape index (κ1) is 105. The molecule has 0 aliphatic carbocycles. The number of carbonyl (C=O) groups is 5. The van der Waals surface area contributed by atoms with Crippen LogP contribution in [0.1, 0.15) is 207 Å². The average Bonchev–Trinajstić information content (AvgIpc) is 1.76. The quantitative estimate of drug-likeness (QED) is 0.0156. The highest BCUT2D eigenvalue weighted by Crippen LogP contribution is 2.38. The number of alkyl halides is 5. The van der Waals surface area contributed by atoms with Crippen molar-refractivity contribution in [1.82, 2.24) is 39.2 Å². The molecule has 136 heavy (non-hydrogen) atoms. The highest BCUT2D eigenvalue weighted by Gasteiger charge is 2.38. The number of amides is 8. The van der Waals surface area contributed by atoms with Gasteiger partial charge in [0.1, 0.15) is 11.6 Å². The second-order valence-corrected chi connectivity index (χ2v) is 36.9. The van der Waals surface area contributed by atoms with Gasteiger partial charge < -0.3 is 79.8 Å². The number of halogens is 7. The summed E-state index contributed by atoms with van der Waals surface area (Å²) in [6, 6.07) is 63.1. The number of nitrogens with zero attached hydrogens (tertiary/aromatic N) is 8. The number of urea groups is 4. The zero-order valence-electron chi connectivity index (χ0n) is 80.4. The Labute approximate surface area is 804 Å². The lowest BCUT2D eigenvalue weighted by molar-refractivity contribution is -0.137. The van der Waals surface area contributed by atoms with Crippen LogP contribution in [0.25, 0.3) is 11.1 Å².